The molecule has 0 amide bonds. The summed E-state index contributed by atoms with van der Waals surface area (Å²) in [7, 11) is -2.77. The van der Waals surface area contributed by atoms with Crippen molar-refractivity contribution in [2.75, 3.05) is 13.2 Å². The molecule has 1 atom stereocenters. The van der Waals surface area contributed by atoms with Gasteiger partial charge in [-0.2, -0.15) is 0 Å². The molecule has 0 N–H and O–H groups in total. The second kappa shape index (κ2) is 13.5. The molecule has 0 aliphatic carbocycles. The fourth-order valence-corrected chi connectivity index (χ4v) is 0.849. The van der Waals surface area contributed by atoms with E-state index in [1.165, 1.54) is 0 Å². The van der Waals surface area contributed by atoms with Gasteiger partial charge in [-0.15, -0.1) is 6.58 Å². The molecule has 2 radical (unpaired) electrons. The second-order valence-electron chi connectivity index (χ2n) is 1.97. The molecule has 0 aromatic carbocycles. The Morgan fingerprint density at radius 2 is 2.08 bits per heavy atom. The number of hydrogen-bond acceptors (Lipinski definition) is 4. The molecule has 7 heteroatoms. The molecule has 0 aliphatic heterocycles. The van der Waals surface area contributed by atoms with E-state index in [0.29, 0.717) is 6.61 Å². The van der Waals surface area contributed by atoms with E-state index in [-0.39, 0.29) is 63.5 Å². The zero-order chi connectivity index (χ0) is 8.69. The first-order valence-corrected chi connectivity index (χ1v) is 4.26. The molecule has 4 nitrogen and oxygen atoms in total. The van der Waals surface area contributed by atoms with E-state index in [4.69, 9.17) is 4.74 Å². The van der Waals surface area contributed by atoms with Gasteiger partial charge in [0.05, 0.1) is 19.3 Å². The van der Waals surface area contributed by atoms with E-state index >= 15 is 0 Å². The molecule has 0 saturated carbocycles. The summed E-state index contributed by atoms with van der Waals surface area (Å²) in [6.45, 7) is 5.72. The zero-order valence-electron chi connectivity index (χ0n) is 7.06. The molecule has 0 bridgehead atoms. The monoisotopic (exact) mass is 414 g/mol. The SMILES string of the molecule is C=CCOCC(C)O[SH](=O)=O.[NaH].[PbH2]. The van der Waals surface area contributed by atoms with Crippen molar-refractivity contribution >= 4 is 67.8 Å². The molecular formula is C6H15NaO4PbS. The summed E-state index contributed by atoms with van der Waals surface area (Å²) in [4.78, 5) is 0. The molecule has 13 heavy (non-hydrogen) atoms. The van der Waals surface area contributed by atoms with E-state index in [1.54, 1.807) is 13.0 Å². The second-order valence-corrected chi connectivity index (χ2v) is 2.62. The van der Waals surface area contributed by atoms with Gasteiger partial charge in [-0.05, 0) is 6.92 Å². The van der Waals surface area contributed by atoms with Crippen LogP contribution in [0.2, 0.25) is 0 Å². The van der Waals surface area contributed by atoms with Crippen LogP contribution in [0.5, 0.6) is 0 Å². The quantitative estimate of drug-likeness (QED) is 0.251. The van der Waals surface area contributed by atoms with Crippen LogP contribution >= 0.6 is 0 Å². The van der Waals surface area contributed by atoms with Gasteiger partial charge in [0.25, 0.3) is 11.0 Å². The molecule has 0 fully saturated rings. The minimum atomic E-state index is -2.77. The van der Waals surface area contributed by atoms with Gasteiger partial charge < -0.3 is 4.74 Å². The van der Waals surface area contributed by atoms with Crippen LogP contribution in [0.15, 0.2) is 12.7 Å². The Balaban J connectivity index is -0.000000500. The topological polar surface area (TPSA) is 52.6 Å². The average molecular weight is 413 g/mol. The van der Waals surface area contributed by atoms with Crippen molar-refractivity contribution in [2.24, 2.45) is 0 Å². The molecular weight excluding hydrogens is 398 g/mol. The van der Waals surface area contributed by atoms with Crippen molar-refractivity contribution < 1.29 is 17.3 Å². The van der Waals surface area contributed by atoms with Crippen molar-refractivity contribution in [1.82, 2.24) is 0 Å². The molecule has 0 aliphatic rings. The molecule has 0 spiro atoms. The molecule has 0 aromatic heterocycles. The van der Waals surface area contributed by atoms with Crippen molar-refractivity contribution in [3.05, 3.63) is 12.7 Å². The third-order valence-electron chi connectivity index (χ3n) is 0.854. The van der Waals surface area contributed by atoms with E-state index in [0.717, 1.165) is 0 Å². The fraction of sp³-hybridized carbons (Fsp3) is 0.667. The summed E-state index contributed by atoms with van der Waals surface area (Å²) in [5, 5.41) is 0. The number of rotatable bonds is 6. The van der Waals surface area contributed by atoms with Gasteiger partial charge in [0.2, 0.25) is 0 Å². The van der Waals surface area contributed by atoms with Crippen LogP contribution < -0.4 is 0 Å². The van der Waals surface area contributed by atoms with Crippen LogP contribution in [-0.4, -0.2) is 84.6 Å². The zero-order valence-corrected chi connectivity index (χ0v) is 13.5. The predicted octanol–water partition coefficient (Wildman–Crippen LogP) is -1.44. The first kappa shape index (κ1) is 20.0. The fourth-order valence-electron chi connectivity index (χ4n) is 0.495. The Hall–Kier alpha value is 1.53. The number of thiol groups is 1. The number of ether oxygens (including phenoxy) is 1. The third kappa shape index (κ3) is 16.2. The summed E-state index contributed by atoms with van der Waals surface area (Å²) < 4.78 is 29.3. The van der Waals surface area contributed by atoms with Crippen LogP contribution in [0, 0.1) is 0 Å². The van der Waals surface area contributed by atoms with Crippen molar-refractivity contribution in [3.63, 3.8) is 0 Å². The maximum atomic E-state index is 9.98. The average Bonchev–Trinajstić information content (AvgIpc) is 1.86. The Labute approximate surface area is 123 Å². The Morgan fingerprint density at radius 3 is 2.46 bits per heavy atom. The molecule has 0 aromatic rings. The normalized spacial score (nSPS) is 11.2. The van der Waals surface area contributed by atoms with Gasteiger partial charge in [0.15, 0.2) is 0 Å². The Bertz CT molecular complexity index is 177. The van der Waals surface area contributed by atoms with E-state index in [2.05, 4.69) is 10.8 Å². The molecule has 74 valence electrons. The van der Waals surface area contributed by atoms with Crippen molar-refractivity contribution in [2.45, 2.75) is 13.0 Å². The van der Waals surface area contributed by atoms with Gasteiger partial charge in [-0.25, -0.2) is 8.42 Å². The summed E-state index contributed by atoms with van der Waals surface area (Å²) >= 11 is 0. The van der Waals surface area contributed by atoms with Gasteiger partial charge in [0, 0.05) is 0 Å². The van der Waals surface area contributed by atoms with Crippen LogP contribution in [0.3, 0.4) is 0 Å². The maximum absolute atomic E-state index is 9.98. The summed E-state index contributed by atoms with van der Waals surface area (Å²) in [6.07, 6.45) is 1.17. The van der Waals surface area contributed by atoms with Crippen molar-refractivity contribution in [3.8, 4) is 0 Å². The van der Waals surface area contributed by atoms with Crippen LogP contribution in [0.1, 0.15) is 6.92 Å². The van der Waals surface area contributed by atoms with Crippen LogP contribution in [0.4, 0.5) is 0 Å². The summed E-state index contributed by atoms with van der Waals surface area (Å²) in [5.41, 5.74) is 0. The first-order chi connectivity index (χ1) is 5.16. The van der Waals surface area contributed by atoms with Gasteiger partial charge in [-0.3, -0.25) is 4.18 Å². The Morgan fingerprint density at radius 1 is 1.54 bits per heavy atom. The minimum absolute atomic E-state index is 0. The van der Waals surface area contributed by atoms with Crippen LogP contribution in [0.25, 0.3) is 0 Å². The van der Waals surface area contributed by atoms with E-state index < -0.39 is 17.1 Å². The van der Waals surface area contributed by atoms with E-state index in [9.17, 15) is 8.42 Å². The van der Waals surface area contributed by atoms with E-state index in [1.807, 2.05) is 0 Å². The number of hydrogen-bond donors (Lipinski definition) is 1. The molecule has 0 saturated heterocycles. The van der Waals surface area contributed by atoms with Gasteiger partial charge in [-0.1, -0.05) is 6.08 Å². The van der Waals surface area contributed by atoms with Gasteiger partial charge >= 0.3 is 56.9 Å². The van der Waals surface area contributed by atoms with Gasteiger partial charge in [0.1, 0.15) is 0 Å². The van der Waals surface area contributed by atoms with Crippen molar-refractivity contribution in [1.29, 1.82) is 0 Å². The Kier molecular flexibility index (Phi) is 20.8. The first-order valence-electron chi connectivity index (χ1n) is 3.16. The molecule has 0 rings (SSSR count). The standard InChI is InChI=1S/C6H12O4S.Na.Pb.3H/c1-3-4-9-5-6(2)10-11(7)8;;;;;/h3,6,11H,1,4-5H2,2H3;;;;;. The summed E-state index contributed by atoms with van der Waals surface area (Å²) in [6, 6.07) is 0. The molecule has 1 unspecified atom stereocenters. The molecule has 0 heterocycles. The van der Waals surface area contributed by atoms with Crippen LogP contribution in [-0.2, 0) is 19.9 Å². The summed E-state index contributed by atoms with van der Waals surface area (Å²) in [5.74, 6) is 0. The predicted molar refractivity (Wildman–Crippen MR) is 57.6 cm³/mol. The third-order valence-corrected chi connectivity index (χ3v) is 1.39.